The predicted octanol–water partition coefficient (Wildman–Crippen LogP) is 6.36. The minimum atomic E-state index is -0.469. The van der Waals surface area contributed by atoms with Gasteiger partial charge in [0.1, 0.15) is 17.2 Å². The lowest BCUT2D eigenvalue weighted by atomic mass is 10.2. The molecule has 0 aromatic heterocycles. The van der Waals surface area contributed by atoms with Crippen molar-refractivity contribution in [3.8, 4) is 17.2 Å². The first-order chi connectivity index (χ1) is 15.1. The van der Waals surface area contributed by atoms with Gasteiger partial charge in [0, 0.05) is 12.5 Å². The first kappa shape index (κ1) is 24.2. The van der Waals surface area contributed by atoms with Crippen LogP contribution in [0.4, 0.5) is 0 Å². The fourth-order valence-corrected chi connectivity index (χ4v) is 2.81. The lowest BCUT2D eigenvalue weighted by Crippen LogP contribution is -2.07. The smallest absolute Gasteiger partial charge is 0.336 e. The molecule has 5 heteroatoms. The van der Waals surface area contributed by atoms with Gasteiger partial charge in [0.25, 0.3) is 0 Å². The van der Waals surface area contributed by atoms with E-state index in [0.29, 0.717) is 24.5 Å². The van der Waals surface area contributed by atoms with Crippen LogP contribution in [0.25, 0.3) is 6.08 Å². The number of carbonyl (C=O) groups excluding carboxylic acids is 2. The second-order valence-electron chi connectivity index (χ2n) is 7.28. The minimum Gasteiger partial charge on any atom is -0.494 e. The molecule has 5 nitrogen and oxygen atoms in total. The number of hydrogen-bond acceptors (Lipinski definition) is 5. The standard InChI is InChI=1S/C26H32O5/c1-3-5-7-9-25(27)30-23-13-10-21(11-14-23)12-19-26(28)31-24-17-15-22(16-18-24)29-20-8-6-4-2/h10-19H,3-9,20H2,1-2H3. The molecule has 0 radical (unpaired) electrons. The molecule has 0 atom stereocenters. The van der Waals surface area contributed by atoms with Gasteiger partial charge < -0.3 is 14.2 Å². The van der Waals surface area contributed by atoms with Crippen LogP contribution in [0, 0.1) is 0 Å². The van der Waals surface area contributed by atoms with E-state index >= 15 is 0 Å². The molecule has 2 aromatic carbocycles. The van der Waals surface area contributed by atoms with E-state index in [0.717, 1.165) is 49.8 Å². The molecule has 0 unspecified atom stereocenters. The summed E-state index contributed by atoms with van der Waals surface area (Å²) in [7, 11) is 0. The Bertz CT molecular complexity index is 822. The third-order valence-electron chi connectivity index (χ3n) is 4.57. The van der Waals surface area contributed by atoms with Crippen molar-refractivity contribution in [3.05, 3.63) is 60.2 Å². The maximum Gasteiger partial charge on any atom is 0.336 e. The molecule has 166 valence electrons. The highest BCUT2D eigenvalue weighted by atomic mass is 16.5. The average molecular weight is 425 g/mol. The number of benzene rings is 2. The second-order valence-corrected chi connectivity index (χ2v) is 7.28. The third kappa shape index (κ3) is 9.98. The van der Waals surface area contributed by atoms with E-state index in [4.69, 9.17) is 14.2 Å². The van der Waals surface area contributed by atoms with E-state index in [2.05, 4.69) is 13.8 Å². The van der Waals surface area contributed by atoms with Crippen LogP contribution in [-0.2, 0) is 9.59 Å². The van der Waals surface area contributed by atoms with E-state index < -0.39 is 5.97 Å². The molecular formula is C26H32O5. The molecule has 0 bridgehead atoms. The third-order valence-corrected chi connectivity index (χ3v) is 4.57. The monoisotopic (exact) mass is 424 g/mol. The quantitative estimate of drug-likeness (QED) is 0.162. The number of unbranched alkanes of at least 4 members (excludes halogenated alkanes) is 4. The summed E-state index contributed by atoms with van der Waals surface area (Å²) >= 11 is 0. The van der Waals surface area contributed by atoms with Crippen LogP contribution in [0.2, 0.25) is 0 Å². The van der Waals surface area contributed by atoms with Crippen LogP contribution in [0.3, 0.4) is 0 Å². The Morgan fingerprint density at radius 1 is 0.742 bits per heavy atom. The Hall–Kier alpha value is -3.08. The van der Waals surface area contributed by atoms with Crippen molar-refractivity contribution in [3.63, 3.8) is 0 Å². The molecule has 0 fully saturated rings. The van der Waals surface area contributed by atoms with E-state index in [9.17, 15) is 9.59 Å². The molecule has 0 aliphatic rings. The summed E-state index contributed by atoms with van der Waals surface area (Å²) < 4.78 is 16.3. The summed E-state index contributed by atoms with van der Waals surface area (Å²) in [5.41, 5.74) is 0.804. The molecule has 0 aliphatic carbocycles. The highest BCUT2D eigenvalue weighted by molar-refractivity contribution is 5.88. The van der Waals surface area contributed by atoms with E-state index in [1.807, 2.05) is 0 Å². The van der Waals surface area contributed by atoms with Crippen molar-refractivity contribution in [2.24, 2.45) is 0 Å². The van der Waals surface area contributed by atoms with Gasteiger partial charge in [0.15, 0.2) is 0 Å². The highest BCUT2D eigenvalue weighted by Gasteiger charge is 2.05. The molecule has 2 rings (SSSR count). The first-order valence-electron chi connectivity index (χ1n) is 11.0. The summed E-state index contributed by atoms with van der Waals surface area (Å²) in [4.78, 5) is 23.8. The second kappa shape index (κ2) is 14.0. The number of carbonyl (C=O) groups is 2. The molecule has 0 heterocycles. The van der Waals surface area contributed by atoms with Gasteiger partial charge in [-0.2, -0.15) is 0 Å². The Kier molecular flexibility index (Phi) is 10.9. The van der Waals surface area contributed by atoms with Crippen LogP contribution in [-0.4, -0.2) is 18.5 Å². The number of esters is 2. The van der Waals surface area contributed by atoms with Gasteiger partial charge in [-0.05, 0) is 60.9 Å². The summed E-state index contributed by atoms with van der Waals surface area (Å²) in [6.45, 7) is 4.93. The lowest BCUT2D eigenvalue weighted by molar-refractivity contribution is -0.134. The van der Waals surface area contributed by atoms with Gasteiger partial charge >= 0.3 is 11.9 Å². The average Bonchev–Trinajstić information content (AvgIpc) is 2.77. The van der Waals surface area contributed by atoms with Crippen LogP contribution in [0.1, 0.15) is 64.4 Å². The molecule has 0 aliphatic heterocycles. The fourth-order valence-electron chi connectivity index (χ4n) is 2.81. The largest absolute Gasteiger partial charge is 0.494 e. The van der Waals surface area contributed by atoms with Crippen LogP contribution < -0.4 is 14.2 Å². The van der Waals surface area contributed by atoms with Gasteiger partial charge in [-0.1, -0.05) is 51.7 Å². The number of hydrogen-bond donors (Lipinski definition) is 0. The fraction of sp³-hybridized carbons (Fsp3) is 0.385. The van der Waals surface area contributed by atoms with Crippen LogP contribution in [0.5, 0.6) is 17.2 Å². The molecule has 2 aromatic rings. The van der Waals surface area contributed by atoms with Gasteiger partial charge in [0.05, 0.1) is 6.61 Å². The molecule has 31 heavy (non-hydrogen) atoms. The number of ether oxygens (including phenoxy) is 3. The Morgan fingerprint density at radius 3 is 2.00 bits per heavy atom. The van der Waals surface area contributed by atoms with Crippen molar-refractivity contribution in [1.29, 1.82) is 0 Å². The molecule has 0 amide bonds. The van der Waals surface area contributed by atoms with Crippen molar-refractivity contribution < 1.29 is 23.8 Å². The maximum atomic E-state index is 12.0. The van der Waals surface area contributed by atoms with Gasteiger partial charge in [-0.25, -0.2) is 4.79 Å². The highest BCUT2D eigenvalue weighted by Crippen LogP contribution is 2.19. The molecule has 0 saturated carbocycles. The first-order valence-corrected chi connectivity index (χ1v) is 11.0. The molecule has 0 spiro atoms. The van der Waals surface area contributed by atoms with Gasteiger partial charge in [-0.3, -0.25) is 4.79 Å². The summed E-state index contributed by atoms with van der Waals surface area (Å²) in [5.74, 6) is 1.03. The SMILES string of the molecule is CCCCCOc1ccc(OC(=O)C=Cc2ccc(OC(=O)CCCCC)cc2)cc1. The van der Waals surface area contributed by atoms with Gasteiger partial charge in [0.2, 0.25) is 0 Å². The van der Waals surface area contributed by atoms with Crippen molar-refractivity contribution in [1.82, 2.24) is 0 Å². The summed E-state index contributed by atoms with van der Waals surface area (Å²) in [6.07, 6.45) is 9.70. The maximum absolute atomic E-state index is 12.0. The van der Waals surface area contributed by atoms with Gasteiger partial charge in [-0.15, -0.1) is 0 Å². The molecule has 0 N–H and O–H groups in total. The normalized spacial score (nSPS) is 10.8. The van der Waals surface area contributed by atoms with E-state index in [1.54, 1.807) is 54.6 Å². The summed E-state index contributed by atoms with van der Waals surface area (Å²) in [6, 6.07) is 14.0. The van der Waals surface area contributed by atoms with Crippen LogP contribution in [0.15, 0.2) is 54.6 Å². The summed E-state index contributed by atoms with van der Waals surface area (Å²) in [5, 5.41) is 0. The topological polar surface area (TPSA) is 61.8 Å². The van der Waals surface area contributed by atoms with Crippen LogP contribution >= 0.6 is 0 Å². The Labute approximate surface area is 185 Å². The molecule has 0 saturated heterocycles. The zero-order valence-electron chi connectivity index (χ0n) is 18.5. The van der Waals surface area contributed by atoms with E-state index in [-0.39, 0.29) is 5.97 Å². The zero-order chi connectivity index (χ0) is 22.3. The van der Waals surface area contributed by atoms with E-state index in [1.165, 1.54) is 6.08 Å². The minimum absolute atomic E-state index is 0.224. The number of rotatable bonds is 13. The molecular weight excluding hydrogens is 392 g/mol. The Morgan fingerprint density at radius 2 is 1.32 bits per heavy atom. The van der Waals surface area contributed by atoms with Crippen molar-refractivity contribution in [2.75, 3.05) is 6.61 Å². The lowest BCUT2D eigenvalue weighted by Gasteiger charge is -2.07. The van der Waals surface area contributed by atoms with Crippen molar-refractivity contribution in [2.45, 2.75) is 58.8 Å². The predicted molar refractivity (Wildman–Crippen MR) is 122 cm³/mol. The Balaban J connectivity index is 1.77. The zero-order valence-corrected chi connectivity index (χ0v) is 18.5. The van der Waals surface area contributed by atoms with Crippen molar-refractivity contribution >= 4 is 18.0 Å².